The van der Waals surface area contributed by atoms with Crippen LogP contribution in [0.2, 0.25) is 18.1 Å². The minimum Gasteiger partial charge on any atom is -0.465 e. The molecule has 2 aliphatic rings. The summed E-state index contributed by atoms with van der Waals surface area (Å²) in [4.78, 5) is 11.0. The average Bonchev–Trinajstić information content (AvgIpc) is 2.73. The summed E-state index contributed by atoms with van der Waals surface area (Å²) in [7, 11) is -1.96. The van der Waals surface area contributed by atoms with Crippen LogP contribution in [0.15, 0.2) is 0 Å². The van der Waals surface area contributed by atoms with E-state index in [4.69, 9.17) is 19.0 Å². The summed E-state index contributed by atoms with van der Waals surface area (Å²) >= 11 is 0. The summed E-state index contributed by atoms with van der Waals surface area (Å²) < 4.78 is 18.4. The van der Waals surface area contributed by atoms with Gasteiger partial charge in [0, 0.05) is 0 Å². The van der Waals surface area contributed by atoms with Crippen LogP contribution in [0.5, 0.6) is 0 Å². The highest BCUT2D eigenvalue weighted by molar-refractivity contribution is 6.74. The molecule has 0 spiro atoms. The molecule has 1 aliphatic heterocycles. The third kappa shape index (κ3) is 3.47. The largest absolute Gasteiger partial charge is 0.465 e. The molecular weight excluding hydrogens is 302 g/mol. The number of amides is 1. The van der Waals surface area contributed by atoms with Gasteiger partial charge in [-0.2, -0.15) is 0 Å². The van der Waals surface area contributed by atoms with Crippen molar-refractivity contribution in [3.63, 3.8) is 0 Å². The van der Waals surface area contributed by atoms with E-state index in [-0.39, 0.29) is 29.4 Å². The molecular formula is C15H29NO5Si. The molecule has 0 aromatic heterocycles. The zero-order valence-electron chi connectivity index (χ0n) is 14.6. The van der Waals surface area contributed by atoms with Gasteiger partial charge >= 0.3 is 6.09 Å². The number of fused-ring (bicyclic) bond motifs is 1. The van der Waals surface area contributed by atoms with Gasteiger partial charge in [-0.3, -0.25) is 0 Å². The Morgan fingerprint density at radius 3 is 2.32 bits per heavy atom. The molecule has 0 aromatic carbocycles. The minimum absolute atomic E-state index is 0.0930. The Balaban J connectivity index is 2.17. The second-order valence-electron chi connectivity index (χ2n) is 8.27. The molecule has 1 saturated heterocycles. The van der Waals surface area contributed by atoms with Crippen LogP contribution in [0.4, 0.5) is 4.79 Å². The third-order valence-electron chi connectivity index (χ3n) is 4.97. The number of hydrogen-bond acceptors (Lipinski definition) is 4. The Hall–Kier alpha value is -0.633. The van der Waals surface area contributed by atoms with Gasteiger partial charge in [-0.25, -0.2) is 4.79 Å². The Labute approximate surface area is 133 Å². The predicted octanol–water partition coefficient (Wildman–Crippen LogP) is 2.94. The van der Waals surface area contributed by atoms with E-state index in [0.717, 1.165) is 0 Å². The smallest absolute Gasteiger partial charge is 0.404 e. The maximum absolute atomic E-state index is 11.0. The van der Waals surface area contributed by atoms with Crippen LogP contribution >= 0.6 is 0 Å². The van der Waals surface area contributed by atoms with E-state index in [1.165, 1.54) is 0 Å². The number of ether oxygens (including phenoxy) is 2. The first-order valence-electron chi connectivity index (χ1n) is 7.85. The van der Waals surface area contributed by atoms with Crippen LogP contribution in [-0.2, 0) is 13.9 Å². The van der Waals surface area contributed by atoms with Crippen LogP contribution in [0, 0.1) is 0 Å². The molecule has 1 saturated carbocycles. The number of rotatable bonds is 3. The average molecular weight is 331 g/mol. The van der Waals surface area contributed by atoms with Gasteiger partial charge in [0.2, 0.25) is 0 Å². The van der Waals surface area contributed by atoms with E-state index in [9.17, 15) is 4.79 Å². The van der Waals surface area contributed by atoms with Gasteiger partial charge in [0.1, 0.15) is 12.2 Å². The molecule has 0 aromatic rings. The van der Waals surface area contributed by atoms with E-state index in [1.807, 2.05) is 13.8 Å². The monoisotopic (exact) mass is 331 g/mol. The van der Waals surface area contributed by atoms with E-state index in [1.54, 1.807) is 0 Å². The van der Waals surface area contributed by atoms with Gasteiger partial charge in [-0.1, -0.05) is 20.8 Å². The third-order valence-corrected chi connectivity index (χ3v) is 9.48. The van der Waals surface area contributed by atoms with Crippen LogP contribution in [0.1, 0.15) is 41.0 Å². The molecule has 2 N–H and O–H groups in total. The minimum atomic E-state index is -1.96. The molecule has 6 nitrogen and oxygen atoms in total. The normalized spacial score (nSPS) is 34.5. The van der Waals surface area contributed by atoms with Crippen molar-refractivity contribution >= 4 is 14.4 Å². The Kier molecular flexibility index (Phi) is 4.41. The maximum Gasteiger partial charge on any atom is 0.404 e. The van der Waals surface area contributed by atoms with E-state index >= 15 is 0 Å². The predicted molar refractivity (Wildman–Crippen MR) is 85.5 cm³/mol. The van der Waals surface area contributed by atoms with E-state index < -0.39 is 20.2 Å². The van der Waals surface area contributed by atoms with Gasteiger partial charge < -0.3 is 24.3 Å². The van der Waals surface area contributed by atoms with Crippen molar-refractivity contribution in [2.75, 3.05) is 0 Å². The quantitative estimate of drug-likeness (QED) is 0.778. The van der Waals surface area contributed by atoms with Crippen molar-refractivity contribution in [3.8, 4) is 0 Å². The van der Waals surface area contributed by atoms with E-state index in [2.05, 4.69) is 39.2 Å². The Morgan fingerprint density at radius 2 is 1.82 bits per heavy atom. The number of carboxylic acid groups (broad SMARTS) is 1. The summed E-state index contributed by atoms with van der Waals surface area (Å²) in [5.41, 5.74) is 0. The molecule has 4 unspecified atom stereocenters. The molecule has 1 amide bonds. The lowest BCUT2D eigenvalue weighted by Gasteiger charge is -2.39. The summed E-state index contributed by atoms with van der Waals surface area (Å²) in [6.07, 6.45) is -1.10. The molecule has 2 fully saturated rings. The Morgan fingerprint density at radius 1 is 1.27 bits per heavy atom. The second kappa shape index (κ2) is 5.47. The fourth-order valence-electron chi connectivity index (χ4n) is 2.90. The molecule has 4 atom stereocenters. The van der Waals surface area contributed by atoms with Crippen molar-refractivity contribution in [1.29, 1.82) is 0 Å². The van der Waals surface area contributed by atoms with Crippen molar-refractivity contribution in [2.45, 2.75) is 89.3 Å². The first-order valence-corrected chi connectivity index (χ1v) is 10.8. The maximum atomic E-state index is 11.0. The van der Waals surface area contributed by atoms with Crippen molar-refractivity contribution in [3.05, 3.63) is 0 Å². The second-order valence-corrected chi connectivity index (χ2v) is 13.0. The van der Waals surface area contributed by atoms with Crippen molar-refractivity contribution < 1.29 is 23.8 Å². The zero-order chi connectivity index (χ0) is 16.9. The number of carbonyl (C=O) groups is 1. The standard InChI is InChI=1S/C15H29NO5Si/c1-14(2,3)22(6,7)21-10-8-9(16-13(17)18)11-12(10)20-15(4,5)19-11/h9-12,16H,8H2,1-7H3,(H,17,18). The molecule has 1 aliphatic carbocycles. The van der Waals surface area contributed by atoms with Gasteiger partial charge in [0.15, 0.2) is 14.1 Å². The lowest BCUT2D eigenvalue weighted by Crippen LogP contribution is -2.46. The van der Waals surface area contributed by atoms with Crippen LogP contribution < -0.4 is 5.32 Å². The highest BCUT2D eigenvalue weighted by atomic mass is 28.4. The zero-order valence-corrected chi connectivity index (χ0v) is 15.6. The van der Waals surface area contributed by atoms with Crippen molar-refractivity contribution in [1.82, 2.24) is 5.32 Å². The topological polar surface area (TPSA) is 77.0 Å². The molecule has 0 radical (unpaired) electrons. The Bertz CT molecular complexity index is 446. The summed E-state index contributed by atoms with van der Waals surface area (Å²) in [5, 5.41) is 11.7. The number of hydrogen-bond donors (Lipinski definition) is 2. The highest BCUT2D eigenvalue weighted by Gasteiger charge is 2.56. The molecule has 22 heavy (non-hydrogen) atoms. The first-order chi connectivity index (χ1) is 9.82. The van der Waals surface area contributed by atoms with Gasteiger partial charge in [-0.15, -0.1) is 0 Å². The molecule has 1 heterocycles. The van der Waals surface area contributed by atoms with Crippen LogP contribution in [0.3, 0.4) is 0 Å². The van der Waals surface area contributed by atoms with Crippen LogP contribution in [-0.4, -0.2) is 49.7 Å². The fraction of sp³-hybridized carbons (Fsp3) is 0.933. The first kappa shape index (κ1) is 17.7. The summed E-state index contributed by atoms with van der Waals surface area (Å²) in [5.74, 6) is -0.705. The summed E-state index contributed by atoms with van der Waals surface area (Å²) in [6, 6.07) is -0.293. The summed E-state index contributed by atoms with van der Waals surface area (Å²) in [6.45, 7) is 14.7. The van der Waals surface area contributed by atoms with Gasteiger partial charge in [0.25, 0.3) is 0 Å². The highest BCUT2D eigenvalue weighted by Crippen LogP contribution is 2.44. The van der Waals surface area contributed by atoms with Gasteiger partial charge in [0.05, 0.1) is 12.1 Å². The SMILES string of the molecule is CC1(C)OC2C(NC(=O)O)CC(O[Si](C)(C)C(C)(C)C)C2O1. The molecule has 2 rings (SSSR count). The molecule has 0 bridgehead atoms. The number of nitrogens with one attached hydrogen (secondary N) is 1. The lowest BCUT2D eigenvalue weighted by molar-refractivity contribution is -0.162. The van der Waals surface area contributed by atoms with E-state index in [0.29, 0.717) is 6.42 Å². The lowest BCUT2D eigenvalue weighted by atomic mass is 10.2. The molecule has 7 heteroatoms. The molecule has 128 valence electrons. The van der Waals surface area contributed by atoms with Crippen LogP contribution in [0.25, 0.3) is 0 Å². The van der Waals surface area contributed by atoms with Gasteiger partial charge in [-0.05, 0) is 38.4 Å². The van der Waals surface area contributed by atoms with Crippen molar-refractivity contribution in [2.24, 2.45) is 0 Å². The fourth-order valence-corrected chi connectivity index (χ4v) is 4.25.